The Morgan fingerprint density at radius 1 is 1.28 bits per heavy atom. The third-order valence-corrected chi connectivity index (χ3v) is 2.01. The number of rotatable bonds is 4. The van der Waals surface area contributed by atoms with E-state index in [1.165, 1.54) is 13.0 Å². The van der Waals surface area contributed by atoms with Crippen LogP contribution in [-0.2, 0) is 9.59 Å². The first kappa shape index (κ1) is 13.5. The minimum atomic E-state index is -1.30. The van der Waals surface area contributed by atoms with Crippen LogP contribution in [0.5, 0.6) is 5.75 Å². The van der Waals surface area contributed by atoms with E-state index in [-0.39, 0.29) is 29.5 Å². The molecule has 0 atom stereocenters. The van der Waals surface area contributed by atoms with Gasteiger partial charge in [0.1, 0.15) is 11.3 Å². The SMILES string of the molecule is CC(=O)NCC(=O)Nc1ccc(O)c(C(=O)O)c1. The van der Waals surface area contributed by atoms with Gasteiger partial charge < -0.3 is 20.8 Å². The average Bonchev–Trinajstić information content (AvgIpc) is 2.28. The molecular weight excluding hydrogens is 240 g/mol. The third-order valence-electron chi connectivity index (χ3n) is 2.01. The van der Waals surface area contributed by atoms with Crippen molar-refractivity contribution in [2.75, 3.05) is 11.9 Å². The maximum atomic E-state index is 11.3. The van der Waals surface area contributed by atoms with Crippen LogP contribution in [0.15, 0.2) is 18.2 Å². The highest BCUT2D eigenvalue weighted by Gasteiger charge is 2.11. The van der Waals surface area contributed by atoms with Crippen LogP contribution in [0.2, 0.25) is 0 Å². The van der Waals surface area contributed by atoms with Crippen LogP contribution in [0.25, 0.3) is 0 Å². The standard InChI is InChI=1S/C11H12N2O5/c1-6(14)12-5-10(16)13-7-2-3-9(15)8(4-7)11(17)18/h2-4,15H,5H2,1H3,(H,12,14)(H,13,16)(H,17,18). The van der Waals surface area contributed by atoms with Crippen molar-refractivity contribution in [3.63, 3.8) is 0 Å². The molecule has 0 saturated carbocycles. The lowest BCUT2D eigenvalue weighted by atomic mass is 10.2. The molecule has 0 radical (unpaired) electrons. The molecule has 2 amide bonds. The van der Waals surface area contributed by atoms with Crippen LogP contribution in [-0.4, -0.2) is 34.5 Å². The number of hydrogen-bond donors (Lipinski definition) is 4. The van der Waals surface area contributed by atoms with Gasteiger partial charge in [-0.25, -0.2) is 4.79 Å². The number of carbonyl (C=O) groups is 3. The van der Waals surface area contributed by atoms with E-state index in [4.69, 9.17) is 5.11 Å². The first-order chi connectivity index (χ1) is 8.40. The van der Waals surface area contributed by atoms with E-state index in [1.54, 1.807) is 0 Å². The monoisotopic (exact) mass is 252 g/mol. The molecule has 7 nitrogen and oxygen atoms in total. The molecule has 0 aliphatic heterocycles. The molecule has 18 heavy (non-hydrogen) atoms. The maximum absolute atomic E-state index is 11.3. The number of carboxylic acid groups (broad SMARTS) is 1. The van der Waals surface area contributed by atoms with Gasteiger partial charge in [0, 0.05) is 12.6 Å². The van der Waals surface area contributed by atoms with Crippen molar-refractivity contribution in [3.05, 3.63) is 23.8 Å². The first-order valence-electron chi connectivity index (χ1n) is 5.00. The molecule has 0 saturated heterocycles. The lowest BCUT2D eigenvalue weighted by Gasteiger charge is -2.07. The van der Waals surface area contributed by atoms with E-state index >= 15 is 0 Å². The van der Waals surface area contributed by atoms with Gasteiger partial charge in [-0.2, -0.15) is 0 Å². The van der Waals surface area contributed by atoms with Crippen molar-refractivity contribution < 1.29 is 24.6 Å². The smallest absolute Gasteiger partial charge is 0.339 e. The van der Waals surface area contributed by atoms with Gasteiger partial charge in [0.2, 0.25) is 11.8 Å². The minimum absolute atomic E-state index is 0.210. The van der Waals surface area contributed by atoms with E-state index in [1.807, 2.05) is 0 Å². The van der Waals surface area contributed by atoms with Crippen molar-refractivity contribution in [2.24, 2.45) is 0 Å². The van der Waals surface area contributed by atoms with Crippen molar-refractivity contribution in [1.82, 2.24) is 5.32 Å². The Bertz CT molecular complexity index is 498. The quantitative estimate of drug-likeness (QED) is 0.570. The highest BCUT2D eigenvalue weighted by Crippen LogP contribution is 2.21. The van der Waals surface area contributed by atoms with E-state index < -0.39 is 11.9 Å². The highest BCUT2D eigenvalue weighted by molar-refractivity contribution is 5.97. The molecular formula is C11H12N2O5. The van der Waals surface area contributed by atoms with Gasteiger partial charge in [0.25, 0.3) is 0 Å². The van der Waals surface area contributed by atoms with Crippen LogP contribution >= 0.6 is 0 Å². The molecule has 96 valence electrons. The number of aromatic hydroxyl groups is 1. The van der Waals surface area contributed by atoms with Gasteiger partial charge in [-0.15, -0.1) is 0 Å². The Kier molecular flexibility index (Phi) is 4.25. The number of phenols is 1. The van der Waals surface area contributed by atoms with Gasteiger partial charge >= 0.3 is 5.97 Å². The molecule has 0 spiro atoms. The van der Waals surface area contributed by atoms with Crippen molar-refractivity contribution in [3.8, 4) is 5.75 Å². The number of anilines is 1. The molecule has 0 aromatic heterocycles. The zero-order chi connectivity index (χ0) is 13.7. The van der Waals surface area contributed by atoms with Crippen LogP contribution < -0.4 is 10.6 Å². The van der Waals surface area contributed by atoms with Gasteiger partial charge in [0.15, 0.2) is 0 Å². The lowest BCUT2D eigenvalue weighted by molar-refractivity contribution is -0.122. The normalized spacial score (nSPS) is 9.61. The number of amides is 2. The molecule has 1 aromatic rings. The summed E-state index contributed by atoms with van der Waals surface area (Å²) in [6.45, 7) is 1.06. The van der Waals surface area contributed by atoms with Gasteiger partial charge in [0.05, 0.1) is 6.54 Å². The van der Waals surface area contributed by atoms with E-state index in [2.05, 4.69) is 10.6 Å². The second kappa shape index (κ2) is 5.67. The van der Waals surface area contributed by atoms with Crippen LogP contribution in [0, 0.1) is 0 Å². The summed E-state index contributed by atoms with van der Waals surface area (Å²) in [7, 11) is 0. The third kappa shape index (κ3) is 3.78. The predicted molar refractivity (Wildman–Crippen MR) is 62.4 cm³/mol. The zero-order valence-corrected chi connectivity index (χ0v) is 9.56. The minimum Gasteiger partial charge on any atom is -0.507 e. The molecule has 1 rings (SSSR count). The molecule has 7 heteroatoms. The van der Waals surface area contributed by atoms with Crippen LogP contribution in [0.4, 0.5) is 5.69 Å². The second-order valence-electron chi connectivity index (χ2n) is 3.49. The summed E-state index contributed by atoms with van der Waals surface area (Å²) in [5, 5.41) is 22.7. The summed E-state index contributed by atoms with van der Waals surface area (Å²) < 4.78 is 0. The highest BCUT2D eigenvalue weighted by atomic mass is 16.4. The van der Waals surface area contributed by atoms with E-state index in [0.717, 1.165) is 12.1 Å². The maximum Gasteiger partial charge on any atom is 0.339 e. The van der Waals surface area contributed by atoms with Crippen LogP contribution in [0.3, 0.4) is 0 Å². The van der Waals surface area contributed by atoms with E-state index in [0.29, 0.717) is 0 Å². The summed E-state index contributed by atoms with van der Waals surface area (Å²) in [5.74, 6) is -2.53. The number of carbonyl (C=O) groups excluding carboxylic acids is 2. The molecule has 0 aliphatic carbocycles. The fourth-order valence-corrected chi connectivity index (χ4v) is 1.20. The number of benzene rings is 1. The fraction of sp³-hybridized carbons (Fsp3) is 0.182. The molecule has 0 bridgehead atoms. The van der Waals surface area contributed by atoms with Crippen molar-refractivity contribution in [2.45, 2.75) is 6.92 Å². The summed E-state index contributed by atoms with van der Waals surface area (Å²) >= 11 is 0. The Balaban J connectivity index is 2.73. The lowest BCUT2D eigenvalue weighted by Crippen LogP contribution is -2.31. The number of carboxylic acids is 1. The summed E-state index contributed by atoms with van der Waals surface area (Å²) in [6, 6.07) is 3.65. The Labute approximate surface area is 102 Å². The number of hydrogen-bond acceptors (Lipinski definition) is 4. The zero-order valence-electron chi connectivity index (χ0n) is 9.56. The number of aromatic carboxylic acids is 1. The molecule has 0 unspecified atom stereocenters. The summed E-state index contributed by atoms with van der Waals surface area (Å²) in [6.07, 6.45) is 0. The molecule has 0 fully saturated rings. The van der Waals surface area contributed by atoms with Gasteiger partial charge in [-0.1, -0.05) is 0 Å². The molecule has 4 N–H and O–H groups in total. The Hall–Kier alpha value is -2.57. The second-order valence-corrected chi connectivity index (χ2v) is 3.49. The largest absolute Gasteiger partial charge is 0.507 e. The Morgan fingerprint density at radius 3 is 2.50 bits per heavy atom. The topological polar surface area (TPSA) is 116 Å². The van der Waals surface area contributed by atoms with Crippen molar-refractivity contribution >= 4 is 23.5 Å². The summed E-state index contributed by atoms with van der Waals surface area (Å²) in [4.78, 5) is 32.7. The first-order valence-corrected chi connectivity index (χ1v) is 5.00. The van der Waals surface area contributed by atoms with Crippen molar-refractivity contribution in [1.29, 1.82) is 0 Å². The predicted octanol–water partition coefficient (Wildman–Crippen LogP) is 0.165. The van der Waals surface area contributed by atoms with E-state index in [9.17, 15) is 19.5 Å². The van der Waals surface area contributed by atoms with Gasteiger partial charge in [-0.05, 0) is 18.2 Å². The Morgan fingerprint density at radius 2 is 1.94 bits per heavy atom. The number of nitrogens with one attached hydrogen (secondary N) is 2. The summed E-state index contributed by atoms with van der Waals surface area (Å²) in [5.41, 5.74) is -0.0899. The van der Waals surface area contributed by atoms with Crippen LogP contribution in [0.1, 0.15) is 17.3 Å². The molecule has 0 aliphatic rings. The molecule has 1 aromatic carbocycles. The fourth-order valence-electron chi connectivity index (χ4n) is 1.20. The average molecular weight is 252 g/mol. The van der Waals surface area contributed by atoms with Gasteiger partial charge in [-0.3, -0.25) is 9.59 Å². The molecule has 0 heterocycles.